The van der Waals surface area contributed by atoms with Crippen LogP contribution in [0.15, 0.2) is 24.3 Å². The molecule has 2 amide bonds. The van der Waals surface area contributed by atoms with Gasteiger partial charge in [-0.3, -0.25) is 9.59 Å². The lowest BCUT2D eigenvalue weighted by molar-refractivity contribution is -0.137. The number of nitrogens with one attached hydrogen (secondary N) is 1. The van der Waals surface area contributed by atoms with Crippen molar-refractivity contribution in [3.05, 3.63) is 35.4 Å². The second kappa shape index (κ2) is 7.89. The van der Waals surface area contributed by atoms with E-state index < -0.39 is 11.7 Å². The smallest absolute Gasteiger partial charge is 0.353 e. The number of likely N-dealkylation sites (tertiary alicyclic amines) is 1. The van der Waals surface area contributed by atoms with E-state index in [9.17, 15) is 22.8 Å². The minimum atomic E-state index is -4.37. The lowest BCUT2D eigenvalue weighted by atomic mass is 10.0. The Balaban J connectivity index is 1.80. The molecule has 0 aromatic heterocycles. The summed E-state index contributed by atoms with van der Waals surface area (Å²) in [7, 11) is 0. The number of alkyl halides is 3. The maximum atomic E-state index is 12.5. The van der Waals surface area contributed by atoms with Gasteiger partial charge in [0.2, 0.25) is 11.8 Å². The van der Waals surface area contributed by atoms with Gasteiger partial charge in [0, 0.05) is 25.0 Å². The number of hydrogen-bond acceptors (Lipinski definition) is 2. The molecule has 0 radical (unpaired) electrons. The number of rotatable bonds is 4. The minimum absolute atomic E-state index is 0.00170. The van der Waals surface area contributed by atoms with Crippen LogP contribution in [0.5, 0.6) is 0 Å². The van der Waals surface area contributed by atoms with E-state index >= 15 is 0 Å². The minimum Gasteiger partial charge on any atom is -0.353 e. The zero-order valence-electron chi connectivity index (χ0n) is 14.4. The summed E-state index contributed by atoms with van der Waals surface area (Å²) in [6.45, 7) is 4.95. The van der Waals surface area contributed by atoms with Crippen molar-refractivity contribution in [3.8, 4) is 0 Å². The number of carbonyl (C=O) groups is 2. The first-order valence-electron chi connectivity index (χ1n) is 8.41. The third-order valence-corrected chi connectivity index (χ3v) is 4.31. The van der Waals surface area contributed by atoms with E-state index in [-0.39, 0.29) is 30.2 Å². The third kappa shape index (κ3) is 5.47. The summed E-state index contributed by atoms with van der Waals surface area (Å²) in [5, 5.41) is 2.90. The van der Waals surface area contributed by atoms with Gasteiger partial charge < -0.3 is 10.2 Å². The van der Waals surface area contributed by atoms with Gasteiger partial charge in [0.15, 0.2) is 0 Å². The highest BCUT2D eigenvalue weighted by atomic mass is 19.4. The standard InChI is InChI=1S/C18H23F3N2O2/c1-12(2)17(25)23-9-7-15(8-10-23)22-16(24)11-13-3-5-14(6-4-13)18(19,20)21/h3-6,12,15H,7-11H2,1-2H3,(H,22,24). The molecule has 0 spiro atoms. The van der Waals surface area contributed by atoms with Crippen LogP contribution in [-0.2, 0) is 22.2 Å². The number of halogens is 3. The fraction of sp³-hybridized carbons (Fsp3) is 0.556. The number of benzene rings is 1. The van der Waals surface area contributed by atoms with Crippen molar-refractivity contribution in [3.63, 3.8) is 0 Å². The molecule has 1 fully saturated rings. The summed E-state index contributed by atoms with van der Waals surface area (Å²) >= 11 is 0. The third-order valence-electron chi connectivity index (χ3n) is 4.31. The van der Waals surface area contributed by atoms with E-state index in [1.54, 1.807) is 0 Å². The molecule has 25 heavy (non-hydrogen) atoms. The van der Waals surface area contributed by atoms with Crippen LogP contribution in [0, 0.1) is 5.92 Å². The molecule has 1 aromatic rings. The Kier molecular flexibility index (Phi) is 6.08. The summed E-state index contributed by atoms with van der Waals surface area (Å²) in [6.07, 6.45) is -2.94. The molecule has 0 saturated carbocycles. The largest absolute Gasteiger partial charge is 0.416 e. The maximum absolute atomic E-state index is 12.5. The van der Waals surface area contributed by atoms with E-state index in [2.05, 4.69) is 5.32 Å². The molecule has 1 aliphatic heterocycles. The van der Waals surface area contributed by atoms with Crippen molar-refractivity contribution in [1.82, 2.24) is 10.2 Å². The molecule has 0 unspecified atom stereocenters. The lowest BCUT2D eigenvalue weighted by Crippen LogP contribution is -2.47. The molecule has 0 aliphatic carbocycles. The molecule has 1 aliphatic rings. The summed E-state index contributed by atoms with van der Waals surface area (Å²) in [4.78, 5) is 25.8. The Morgan fingerprint density at radius 1 is 1.16 bits per heavy atom. The second-order valence-corrected chi connectivity index (χ2v) is 6.69. The van der Waals surface area contributed by atoms with Gasteiger partial charge in [0.05, 0.1) is 12.0 Å². The Morgan fingerprint density at radius 3 is 2.20 bits per heavy atom. The van der Waals surface area contributed by atoms with Gasteiger partial charge in [-0.15, -0.1) is 0 Å². The molecule has 7 heteroatoms. The highest BCUT2D eigenvalue weighted by Gasteiger charge is 2.30. The first-order valence-corrected chi connectivity index (χ1v) is 8.41. The molecule has 4 nitrogen and oxygen atoms in total. The van der Waals surface area contributed by atoms with Crippen LogP contribution in [0.3, 0.4) is 0 Å². The topological polar surface area (TPSA) is 49.4 Å². The van der Waals surface area contributed by atoms with Crippen LogP contribution >= 0.6 is 0 Å². The molecule has 1 heterocycles. The van der Waals surface area contributed by atoms with Gasteiger partial charge in [-0.1, -0.05) is 26.0 Å². The van der Waals surface area contributed by atoms with Crippen LogP contribution in [0.4, 0.5) is 13.2 Å². The Bertz CT molecular complexity index is 604. The van der Waals surface area contributed by atoms with Crippen LogP contribution in [0.25, 0.3) is 0 Å². The Labute approximate surface area is 145 Å². The lowest BCUT2D eigenvalue weighted by Gasteiger charge is -2.33. The van der Waals surface area contributed by atoms with Gasteiger partial charge in [-0.2, -0.15) is 13.2 Å². The monoisotopic (exact) mass is 356 g/mol. The van der Waals surface area contributed by atoms with Crippen molar-refractivity contribution >= 4 is 11.8 Å². The number of nitrogens with zero attached hydrogens (tertiary/aromatic N) is 1. The highest BCUT2D eigenvalue weighted by molar-refractivity contribution is 5.79. The van der Waals surface area contributed by atoms with E-state index in [1.165, 1.54) is 12.1 Å². The Morgan fingerprint density at radius 2 is 1.72 bits per heavy atom. The molecular weight excluding hydrogens is 333 g/mol. The average molecular weight is 356 g/mol. The molecule has 138 valence electrons. The molecule has 0 bridgehead atoms. The fourth-order valence-electron chi connectivity index (χ4n) is 2.89. The molecular formula is C18H23F3N2O2. The van der Waals surface area contributed by atoms with Gasteiger partial charge >= 0.3 is 6.18 Å². The second-order valence-electron chi connectivity index (χ2n) is 6.69. The number of carbonyl (C=O) groups excluding carboxylic acids is 2. The first kappa shape index (κ1) is 19.3. The van der Waals surface area contributed by atoms with E-state index in [4.69, 9.17) is 0 Å². The summed E-state index contributed by atoms with van der Waals surface area (Å²) in [5.74, 6) is -0.131. The van der Waals surface area contributed by atoms with Gasteiger partial charge in [0.1, 0.15) is 0 Å². The van der Waals surface area contributed by atoms with Crippen LogP contribution in [0.1, 0.15) is 37.8 Å². The average Bonchev–Trinajstić information content (AvgIpc) is 2.54. The fourth-order valence-corrected chi connectivity index (χ4v) is 2.89. The van der Waals surface area contributed by atoms with E-state index in [0.29, 0.717) is 31.5 Å². The summed E-state index contributed by atoms with van der Waals surface area (Å²) in [5.41, 5.74) is -0.184. The first-order chi connectivity index (χ1) is 11.7. The van der Waals surface area contributed by atoms with Crippen molar-refractivity contribution in [2.45, 2.75) is 45.3 Å². The highest BCUT2D eigenvalue weighted by Crippen LogP contribution is 2.29. The van der Waals surface area contributed by atoms with Crippen molar-refractivity contribution < 1.29 is 22.8 Å². The maximum Gasteiger partial charge on any atom is 0.416 e. The van der Waals surface area contributed by atoms with Crippen LogP contribution in [-0.4, -0.2) is 35.8 Å². The van der Waals surface area contributed by atoms with Crippen molar-refractivity contribution in [1.29, 1.82) is 0 Å². The van der Waals surface area contributed by atoms with Gasteiger partial charge in [-0.05, 0) is 30.5 Å². The van der Waals surface area contributed by atoms with Crippen LogP contribution < -0.4 is 5.32 Å². The zero-order chi connectivity index (χ0) is 18.6. The van der Waals surface area contributed by atoms with E-state index in [0.717, 1.165) is 12.1 Å². The predicted octanol–water partition coefficient (Wildman–Crippen LogP) is 3.01. The molecule has 1 N–H and O–H groups in total. The zero-order valence-corrected chi connectivity index (χ0v) is 14.4. The number of piperidine rings is 1. The predicted molar refractivity (Wildman–Crippen MR) is 87.7 cm³/mol. The molecule has 0 atom stereocenters. The van der Waals surface area contributed by atoms with Crippen molar-refractivity contribution in [2.75, 3.05) is 13.1 Å². The van der Waals surface area contributed by atoms with Crippen LogP contribution in [0.2, 0.25) is 0 Å². The Hall–Kier alpha value is -2.05. The quantitative estimate of drug-likeness (QED) is 0.902. The SMILES string of the molecule is CC(C)C(=O)N1CCC(NC(=O)Cc2ccc(C(F)(F)F)cc2)CC1. The number of hydrogen-bond donors (Lipinski definition) is 1. The molecule has 1 saturated heterocycles. The normalized spacial score (nSPS) is 16.2. The van der Waals surface area contributed by atoms with E-state index in [1.807, 2.05) is 18.7 Å². The summed E-state index contributed by atoms with van der Waals surface area (Å²) in [6, 6.07) is 4.62. The molecule has 1 aromatic carbocycles. The van der Waals surface area contributed by atoms with Gasteiger partial charge in [0.25, 0.3) is 0 Å². The molecule has 2 rings (SSSR count). The summed E-state index contributed by atoms with van der Waals surface area (Å²) < 4.78 is 37.6. The number of amides is 2. The van der Waals surface area contributed by atoms with Gasteiger partial charge in [-0.25, -0.2) is 0 Å². The van der Waals surface area contributed by atoms with Crippen molar-refractivity contribution in [2.24, 2.45) is 5.92 Å².